The van der Waals surface area contributed by atoms with Crippen LogP contribution in [-0.2, 0) is 0 Å². The highest BCUT2D eigenvalue weighted by molar-refractivity contribution is 7.13. The van der Waals surface area contributed by atoms with E-state index in [0.29, 0.717) is 16.0 Å². The lowest BCUT2D eigenvalue weighted by molar-refractivity contribution is -0.384. The topological polar surface area (TPSA) is 95.5 Å². The maximum absolute atomic E-state index is 12.3. The van der Waals surface area contributed by atoms with Gasteiger partial charge in [-0.2, -0.15) is 0 Å². The Bertz CT molecular complexity index is 1210. The molecule has 0 aliphatic rings. The molecule has 0 unspecified atom stereocenters. The molecular weight excluding hydrogens is 368 g/mol. The van der Waals surface area contributed by atoms with E-state index < -0.39 is 10.5 Å². The number of non-ortho nitro benzene ring substituents is 1. The minimum absolute atomic E-state index is 0.0691. The van der Waals surface area contributed by atoms with Gasteiger partial charge in [-0.05, 0) is 36.4 Å². The molecule has 7 nitrogen and oxygen atoms in total. The zero-order valence-corrected chi connectivity index (χ0v) is 14.9. The van der Waals surface area contributed by atoms with Crippen molar-refractivity contribution >= 4 is 28.0 Å². The van der Waals surface area contributed by atoms with Gasteiger partial charge in [-0.25, -0.2) is 9.78 Å². The third-order valence-corrected chi connectivity index (χ3v) is 4.92. The van der Waals surface area contributed by atoms with Crippen LogP contribution in [0.2, 0.25) is 0 Å². The second-order valence-electron chi connectivity index (χ2n) is 5.69. The Morgan fingerprint density at radius 1 is 1.15 bits per heavy atom. The van der Waals surface area contributed by atoms with Gasteiger partial charge in [0.25, 0.3) is 5.69 Å². The molecule has 2 aromatic heterocycles. The van der Waals surface area contributed by atoms with Gasteiger partial charge in [0.2, 0.25) is 0 Å². The Labute approximate surface area is 156 Å². The van der Waals surface area contributed by atoms with Gasteiger partial charge in [-0.3, -0.25) is 10.1 Å². The summed E-state index contributed by atoms with van der Waals surface area (Å²) in [5, 5.41) is 13.8. The molecule has 0 aliphatic heterocycles. The molecule has 0 saturated carbocycles. The number of benzene rings is 2. The Morgan fingerprint density at radius 2 is 1.93 bits per heavy atom. The van der Waals surface area contributed by atoms with Crippen molar-refractivity contribution in [2.45, 2.75) is 0 Å². The van der Waals surface area contributed by atoms with Crippen molar-refractivity contribution in [3.8, 4) is 27.6 Å². The number of hydrogen-bond acceptors (Lipinski definition) is 7. The van der Waals surface area contributed by atoms with Crippen molar-refractivity contribution in [3.05, 3.63) is 74.4 Å². The summed E-state index contributed by atoms with van der Waals surface area (Å²) < 4.78 is 10.4. The summed E-state index contributed by atoms with van der Waals surface area (Å²) in [6, 6.07) is 13.1. The van der Waals surface area contributed by atoms with Gasteiger partial charge in [-0.1, -0.05) is 0 Å². The van der Waals surface area contributed by atoms with Gasteiger partial charge in [-0.15, -0.1) is 11.3 Å². The van der Waals surface area contributed by atoms with Crippen LogP contribution >= 0.6 is 11.3 Å². The van der Waals surface area contributed by atoms with Crippen LogP contribution in [0.15, 0.2) is 63.1 Å². The summed E-state index contributed by atoms with van der Waals surface area (Å²) in [6.45, 7) is 0. The maximum Gasteiger partial charge on any atom is 0.346 e. The number of aromatic nitrogens is 1. The standard InChI is InChI=1S/C19H12N2O5S/c1-25-14-5-2-11(3-6-14)16-10-27-18(20-16)15-9-12-8-13(21(23)24)4-7-17(12)26-19(15)22/h2-10H,1H3. The number of ether oxygens (including phenoxy) is 1. The van der Waals surface area contributed by atoms with Gasteiger partial charge < -0.3 is 9.15 Å². The largest absolute Gasteiger partial charge is 0.497 e. The second-order valence-corrected chi connectivity index (χ2v) is 6.55. The summed E-state index contributed by atoms with van der Waals surface area (Å²) in [4.78, 5) is 27.3. The second kappa shape index (κ2) is 6.65. The fourth-order valence-corrected chi connectivity index (χ4v) is 3.50. The number of nitrogens with zero attached hydrogens (tertiary/aromatic N) is 2. The third kappa shape index (κ3) is 3.18. The van der Waals surface area contributed by atoms with Crippen LogP contribution in [-0.4, -0.2) is 17.0 Å². The molecule has 27 heavy (non-hydrogen) atoms. The normalized spacial score (nSPS) is 10.9. The van der Waals surface area contributed by atoms with Crippen LogP contribution < -0.4 is 10.4 Å². The molecule has 0 fully saturated rings. The predicted octanol–water partition coefficient (Wildman–Crippen LogP) is 4.50. The minimum Gasteiger partial charge on any atom is -0.497 e. The lowest BCUT2D eigenvalue weighted by atomic mass is 10.1. The van der Waals surface area contributed by atoms with E-state index in [1.165, 1.54) is 29.5 Å². The van der Waals surface area contributed by atoms with Crippen LogP contribution in [0.5, 0.6) is 5.75 Å². The van der Waals surface area contributed by atoms with Crippen molar-refractivity contribution in [2.75, 3.05) is 7.11 Å². The van der Waals surface area contributed by atoms with Crippen LogP contribution in [0.25, 0.3) is 32.8 Å². The number of thiazole rings is 1. The first-order valence-electron chi connectivity index (χ1n) is 7.88. The average molecular weight is 380 g/mol. The molecule has 0 saturated heterocycles. The molecule has 0 radical (unpaired) electrons. The highest BCUT2D eigenvalue weighted by atomic mass is 32.1. The molecule has 8 heteroatoms. The van der Waals surface area contributed by atoms with Gasteiger partial charge in [0.15, 0.2) is 0 Å². The van der Waals surface area contributed by atoms with E-state index in [1.807, 2.05) is 29.6 Å². The maximum atomic E-state index is 12.3. The highest BCUT2D eigenvalue weighted by Crippen LogP contribution is 2.30. The summed E-state index contributed by atoms with van der Waals surface area (Å²) in [5.41, 5.74) is 1.57. The minimum atomic E-state index is -0.535. The number of nitro groups is 1. The van der Waals surface area contributed by atoms with E-state index in [4.69, 9.17) is 9.15 Å². The summed E-state index contributed by atoms with van der Waals surface area (Å²) in [7, 11) is 1.60. The van der Waals surface area contributed by atoms with E-state index in [0.717, 1.165) is 17.0 Å². The molecule has 0 atom stereocenters. The van der Waals surface area contributed by atoms with Gasteiger partial charge in [0.05, 0.1) is 23.3 Å². The molecule has 4 aromatic rings. The zero-order chi connectivity index (χ0) is 19.0. The number of rotatable bonds is 4. The first kappa shape index (κ1) is 16.9. The van der Waals surface area contributed by atoms with E-state index in [9.17, 15) is 14.9 Å². The number of nitro benzene ring substituents is 1. The lowest BCUT2D eigenvalue weighted by Gasteiger charge is -2.01. The molecule has 2 aromatic carbocycles. The Hall–Kier alpha value is -3.52. The Balaban J connectivity index is 1.77. The average Bonchev–Trinajstić information content (AvgIpc) is 3.17. The zero-order valence-electron chi connectivity index (χ0n) is 14.0. The summed E-state index contributed by atoms with van der Waals surface area (Å²) in [6.07, 6.45) is 0. The molecular formula is C19H12N2O5S. The van der Waals surface area contributed by atoms with E-state index in [-0.39, 0.29) is 11.3 Å². The van der Waals surface area contributed by atoms with Gasteiger partial charge in [0.1, 0.15) is 16.3 Å². The molecule has 0 spiro atoms. The van der Waals surface area contributed by atoms with Crippen molar-refractivity contribution in [1.29, 1.82) is 0 Å². The van der Waals surface area contributed by atoms with E-state index in [1.54, 1.807) is 13.2 Å². The van der Waals surface area contributed by atoms with Crippen LogP contribution in [0.4, 0.5) is 5.69 Å². The van der Waals surface area contributed by atoms with Crippen LogP contribution in [0.3, 0.4) is 0 Å². The SMILES string of the molecule is COc1ccc(-c2csc(-c3cc4cc([N+](=O)[O-])ccc4oc3=O)n2)cc1. The first-order chi connectivity index (χ1) is 13.0. The third-order valence-electron chi connectivity index (χ3n) is 4.05. The molecule has 4 rings (SSSR count). The van der Waals surface area contributed by atoms with Crippen LogP contribution in [0.1, 0.15) is 0 Å². The number of fused-ring (bicyclic) bond motifs is 1. The van der Waals surface area contributed by atoms with E-state index >= 15 is 0 Å². The molecule has 134 valence electrons. The van der Waals surface area contributed by atoms with Crippen molar-refractivity contribution < 1.29 is 14.1 Å². The van der Waals surface area contributed by atoms with Gasteiger partial charge >= 0.3 is 5.63 Å². The van der Waals surface area contributed by atoms with Crippen molar-refractivity contribution in [3.63, 3.8) is 0 Å². The monoisotopic (exact) mass is 380 g/mol. The van der Waals surface area contributed by atoms with Crippen LogP contribution in [0, 0.1) is 10.1 Å². The van der Waals surface area contributed by atoms with Crippen molar-refractivity contribution in [1.82, 2.24) is 4.98 Å². The molecule has 0 bridgehead atoms. The fourth-order valence-electron chi connectivity index (χ4n) is 2.67. The predicted molar refractivity (Wildman–Crippen MR) is 102 cm³/mol. The lowest BCUT2D eigenvalue weighted by Crippen LogP contribution is -2.02. The van der Waals surface area contributed by atoms with E-state index in [2.05, 4.69) is 4.98 Å². The summed E-state index contributed by atoms with van der Waals surface area (Å²) in [5.74, 6) is 0.742. The smallest absolute Gasteiger partial charge is 0.346 e. The number of methoxy groups -OCH3 is 1. The Kier molecular flexibility index (Phi) is 4.17. The van der Waals surface area contributed by atoms with Gasteiger partial charge in [0, 0.05) is 28.5 Å². The Morgan fingerprint density at radius 3 is 2.63 bits per heavy atom. The molecule has 0 N–H and O–H groups in total. The highest BCUT2D eigenvalue weighted by Gasteiger charge is 2.15. The molecule has 2 heterocycles. The first-order valence-corrected chi connectivity index (χ1v) is 8.76. The molecule has 0 amide bonds. The molecule has 0 aliphatic carbocycles. The summed E-state index contributed by atoms with van der Waals surface area (Å²) >= 11 is 1.30. The quantitative estimate of drug-likeness (QED) is 0.294. The fraction of sp³-hybridized carbons (Fsp3) is 0.0526. The van der Waals surface area contributed by atoms with Crippen molar-refractivity contribution in [2.24, 2.45) is 0 Å². The number of hydrogen-bond donors (Lipinski definition) is 0.